The predicted octanol–water partition coefficient (Wildman–Crippen LogP) is 4.72. The Bertz CT molecular complexity index is 1220. The molecule has 2 aliphatic rings. The van der Waals surface area contributed by atoms with E-state index in [4.69, 9.17) is 23.9 Å². The third kappa shape index (κ3) is 6.91. The van der Waals surface area contributed by atoms with Gasteiger partial charge in [0.1, 0.15) is 18.1 Å². The lowest BCUT2D eigenvalue weighted by molar-refractivity contribution is -0.117. The monoisotopic (exact) mass is 553 g/mol. The molecule has 2 aliphatic heterocycles. The van der Waals surface area contributed by atoms with Crippen molar-refractivity contribution in [1.29, 1.82) is 0 Å². The van der Waals surface area contributed by atoms with Crippen molar-refractivity contribution in [2.24, 2.45) is 5.92 Å². The highest BCUT2D eigenvalue weighted by molar-refractivity contribution is 7.14. The number of benzene rings is 2. The van der Waals surface area contributed by atoms with Gasteiger partial charge in [0.15, 0.2) is 11.4 Å². The summed E-state index contributed by atoms with van der Waals surface area (Å²) in [6.45, 7) is 8.59. The number of hydrogen-bond donors (Lipinski definition) is 1. The van der Waals surface area contributed by atoms with E-state index in [9.17, 15) is 5.11 Å². The first-order valence-corrected chi connectivity index (χ1v) is 14.5. The molecule has 210 valence electrons. The number of morpholine rings is 1. The molecular formula is C30H39N3O5S. The fraction of sp³-hybridized carbons (Fsp3) is 0.500. The summed E-state index contributed by atoms with van der Waals surface area (Å²) in [4.78, 5) is 9.69. The Morgan fingerprint density at radius 3 is 2.59 bits per heavy atom. The molecule has 8 nitrogen and oxygen atoms in total. The van der Waals surface area contributed by atoms with E-state index in [2.05, 4.69) is 52.4 Å². The van der Waals surface area contributed by atoms with Crippen LogP contribution in [0.2, 0.25) is 0 Å². The largest absolute Gasteiger partial charge is 0.496 e. The average molecular weight is 554 g/mol. The molecule has 3 heterocycles. The third-order valence-corrected chi connectivity index (χ3v) is 8.50. The molecule has 1 N–H and O–H groups in total. The van der Waals surface area contributed by atoms with Gasteiger partial charge in [-0.25, -0.2) is 4.98 Å². The van der Waals surface area contributed by atoms with Crippen LogP contribution in [0.5, 0.6) is 11.5 Å². The minimum atomic E-state index is -0.689. The Kier molecular flexibility index (Phi) is 9.36. The van der Waals surface area contributed by atoms with Crippen molar-refractivity contribution in [3.8, 4) is 22.8 Å². The molecule has 1 atom stereocenters. The second-order valence-corrected chi connectivity index (χ2v) is 11.1. The van der Waals surface area contributed by atoms with E-state index in [-0.39, 0.29) is 5.92 Å². The second kappa shape index (κ2) is 13.1. The highest BCUT2D eigenvalue weighted by Crippen LogP contribution is 2.36. The maximum Gasteiger partial charge on any atom is 0.185 e. The van der Waals surface area contributed by atoms with Crippen molar-refractivity contribution < 1.29 is 24.1 Å². The summed E-state index contributed by atoms with van der Waals surface area (Å²) in [6.07, 6.45) is 1.08. The van der Waals surface area contributed by atoms with Crippen molar-refractivity contribution in [2.75, 3.05) is 58.5 Å². The zero-order chi connectivity index (χ0) is 27.2. The summed E-state index contributed by atoms with van der Waals surface area (Å²) in [5, 5.41) is 13.1. The van der Waals surface area contributed by atoms with Crippen LogP contribution in [0.1, 0.15) is 29.5 Å². The summed E-state index contributed by atoms with van der Waals surface area (Å²) in [5.41, 5.74) is 5.30. The lowest BCUT2D eigenvalue weighted by Gasteiger charge is -2.33. The maximum absolute atomic E-state index is 10.0. The first-order valence-electron chi connectivity index (χ1n) is 13.6. The lowest BCUT2D eigenvalue weighted by atomic mass is 9.96. The summed E-state index contributed by atoms with van der Waals surface area (Å²) in [6, 6.07) is 12.6. The van der Waals surface area contributed by atoms with E-state index < -0.39 is 6.29 Å². The van der Waals surface area contributed by atoms with Crippen LogP contribution < -0.4 is 14.4 Å². The topological polar surface area (TPSA) is 76.5 Å². The Morgan fingerprint density at radius 2 is 1.85 bits per heavy atom. The average Bonchev–Trinajstić information content (AvgIpc) is 3.47. The molecule has 2 aromatic carbocycles. The molecule has 1 aromatic heterocycles. The molecule has 5 rings (SSSR count). The van der Waals surface area contributed by atoms with Gasteiger partial charge in [-0.1, -0.05) is 23.8 Å². The number of aliphatic hydroxyl groups is 1. The molecule has 0 aliphatic carbocycles. The van der Waals surface area contributed by atoms with E-state index in [1.165, 1.54) is 5.56 Å². The van der Waals surface area contributed by atoms with E-state index in [0.29, 0.717) is 6.61 Å². The molecule has 2 saturated heterocycles. The maximum atomic E-state index is 10.0. The van der Waals surface area contributed by atoms with E-state index in [0.717, 1.165) is 97.8 Å². The molecule has 2 fully saturated rings. The van der Waals surface area contributed by atoms with Gasteiger partial charge < -0.3 is 29.0 Å². The van der Waals surface area contributed by atoms with Crippen LogP contribution in [-0.2, 0) is 22.6 Å². The van der Waals surface area contributed by atoms with Crippen molar-refractivity contribution in [2.45, 2.75) is 39.2 Å². The third-order valence-electron chi connectivity index (χ3n) is 7.60. The van der Waals surface area contributed by atoms with E-state index >= 15 is 0 Å². The minimum Gasteiger partial charge on any atom is -0.496 e. The zero-order valence-corrected chi connectivity index (χ0v) is 23.9. The van der Waals surface area contributed by atoms with Crippen LogP contribution in [0.15, 0.2) is 41.8 Å². The van der Waals surface area contributed by atoms with Gasteiger partial charge in [-0.3, -0.25) is 4.90 Å². The highest BCUT2D eigenvalue weighted by Gasteiger charge is 2.26. The Hall–Kier alpha value is -2.69. The van der Waals surface area contributed by atoms with Crippen molar-refractivity contribution in [3.05, 3.63) is 58.5 Å². The highest BCUT2D eigenvalue weighted by atomic mass is 32.1. The fourth-order valence-electron chi connectivity index (χ4n) is 5.25. The smallest absolute Gasteiger partial charge is 0.185 e. The number of piperidine rings is 1. The van der Waals surface area contributed by atoms with Gasteiger partial charge in [-0.05, 0) is 43.5 Å². The van der Waals surface area contributed by atoms with Gasteiger partial charge in [0.05, 0.1) is 26.0 Å². The van der Waals surface area contributed by atoms with Gasteiger partial charge in [0.2, 0.25) is 0 Å². The number of aliphatic hydroxyl groups excluding tert-OH is 1. The van der Waals surface area contributed by atoms with Crippen molar-refractivity contribution in [1.82, 2.24) is 9.88 Å². The molecule has 39 heavy (non-hydrogen) atoms. The van der Waals surface area contributed by atoms with Crippen LogP contribution in [0.3, 0.4) is 0 Å². The first-order chi connectivity index (χ1) is 19.0. The first kappa shape index (κ1) is 27.9. The van der Waals surface area contributed by atoms with Crippen LogP contribution in [0.4, 0.5) is 5.13 Å². The summed E-state index contributed by atoms with van der Waals surface area (Å²) >= 11 is 1.65. The van der Waals surface area contributed by atoms with Gasteiger partial charge >= 0.3 is 0 Å². The lowest BCUT2D eigenvalue weighted by Crippen LogP contribution is -2.38. The molecule has 1 unspecified atom stereocenters. The van der Waals surface area contributed by atoms with Crippen LogP contribution >= 0.6 is 11.3 Å². The van der Waals surface area contributed by atoms with E-state index in [1.54, 1.807) is 25.6 Å². The Labute approximate surface area is 235 Å². The molecule has 0 radical (unpaired) electrons. The minimum absolute atomic E-state index is 0.174. The molecule has 0 saturated carbocycles. The number of nitrogens with zero attached hydrogens (tertiary/aromatic N) is 3. The number of anilines is 1. The number of hydrogen-bond acceptors (Lipinski definition) is 9. The van der Waals surface area contributed by atoms with Crippen molar-refractivity contribution in [3.63, 3.8) is 0 Å². The van der Waals surface area contributed by atoms with Crippen molar-refractivity contribution >= 4 is 16.5 Å². The standard InChI is InChI=1S/C30H39N3O5S/c1-21-4-7-27(38-19-24-6-5-22(17-28(24)35-2)18-32-12-14-37-15-13-32)25(16-21)26-20-39-30(31-26)33-10-8-23(9-11-33)29(34)36-3/h4-7,16-17,20,23,29,34H,8-15,18-19H2,1-3H3. The van der Waals surface area contributed by atoms with E-state index in [1.807, 2.05) is 6.07 Å². The number of rotatable bonds is 10. The molecular weight excluding hydrogens is 514 g/mol. The van der Waals surface area contributed by atoms with Gasteiger partial charge in [-0.2, -0.15) is 0 Å². The van der Waals surface area contributed by atoms with Crippen LogP contribution in [-0.4, -0.2) is 74.9 Å². The zero-order valence-electron chi connectivity index (χ0n) is 23.1. The number of thiazole rings is 1. The fourth-order valence-corrected chi connectivity index (χ4v) is 6.13. The molecule has 3 aromatic rings. The Balaban J connectivity index is 1.27. The van der Waals surface area contributed by atoms with Crippen LogP contribution in [0, 0.1) is 12.8 Å². The van der Waals surface area contributed by atoms with Gasteiger partial charge in [0.25, 0.3) is 0 Å². The molecule has 0 amide bonds. The SMILES string of the molecule is COc1cc(CN2CCOCC2)ccc1COc1ccc(C)cc1-c1csc(N2CCC(C(O)OC)CC2)n1. The molecule has 9 heteroatoms. The number of ether oxygens (including phenoxy) is 4. The Morgan fingerprint density at radius 1 is 1.05 bits per heavy atom. The predicted molar refractivity (Wildman–Crippen MR) is 154 cm³/mol. The summed E-state index contributed by atoms with van der Waals surface area (Å²) in [5.74, 6) is 1.82. The van der Waals surface area contributed by atoms with Crippen LogP contribution in [0.25, 0.3) is 11.3 Å². The number of methoxy groups -OCH3 is 2. The normalized spacial score (nSPS) is 17.8. The second-order valence-electron chi connectivity index (χ2n) is 10.3. The summed E-state index contributed by atoms with van der Waals surface area (Å²) in [7, 11) is 3.27. The number of aromatic nitrogens is 1. The van der Waals surface area contributed by atoms with Gasteiger partial charge in [-0.15, -0.1) is 11.3 Å². The van der Waals surface area contributed by atoms with Gasteiger partial charge in [0, 0.05) is 62.3 Å². The summed E-state index contributed by atoms with van der Waals surface area (Å²) < 4.78 is 22.7. The number of aryl methyl sites for hydroxylation is 1. The molecule has 0 bridgehead atoms. The molecule has 0 spiro atoms. The quantitative estimate of drug-likeness (QED) is 0.362.